The van der Waals surface area contributed by atoms with Gasteiger partial charge in [-0.1, -0.05) is 0 Å². The summed E-state index contributed by atoms with van der Waals surface area (Å²) in [7, 11) is -4.52. The summed E-state index contributed by atoms with van der Waals surface area (Å²) >= 11 is 0. The van der Waals surface area contributed by atoms with Gasteiger partial charge in [0.15, 0.2) is 0 Å². The average Bonchev–Trinajstić information content (AvgIpc) is 2.45. The molecule has 0 aliphatic carbocycles. The van der Waals surface area contributed by atoms with Crippen LogP contribution in [0.5, 0.6) is 0 Å². The highest BCUT2D eigenvalue weighted by molar-refractivity contribution is 8.69. The van der Waals surface area contributed by atoms with E-state index in [2.05, 4.69) is 5.32 Å². The zero-order valence-corrected chi connectivity index (χ0v) is 13.8. The predicted molar refractivity (Wildman–Crippen MR) is 81.4 cm³/mol. The van der Waals surface area contributed by atoms with Crippen LogP contribution in [0.1, 0.15) is 12.8 Å². The van der Waals surface area contributed by atoms with E-state index in [0.717, 1.165) is 0 Å². The van der Waals surface area contributed by atoms with Crippen molar-refractivity contribution in [2.24, 2.45) is 5.73 Å². The molecule has 0 bridgehead atoms. The maximum Gasteiger partial charge on any atom is 0.322 e. The van der Waals surface area contributed by atoms with E-state index in [1.54, 1.807) is 0 Å². The number of rotatable bonds is 11. The van der Waals surface area contributed by atoms with Crippen LogP contribution in [0.15, 0.2) is 0 Å². The minimum atomic E-state index is -4.49. The number of nitrogens with one attached hydrogen (secondary N) is 2. The molecule has 24 heavy (non-hydrogen) atoms. The molecule has 2 atom stereocenters. The normalized spacial score (nSPS) is 13.6. The Hall–Kier alpha value is -1.90. The first-order valence-corrected chi connectivity index (χ1v) is 9.25. The SMILES string of the molecule is NC(CCC(=O)NC(CSS(=O)(=O)O)C(=O)NCC(=O)O)C(=O)O. The molecular formula is C10H17N3O9S2. The van der Waals surface area contributed by atoms with Crippen LogP contribution in [0.4, 0.5) is 0 Å². The van der Waals surface area contributed by atoms with Crippen molar-refractivity contribution in [1.82, 2.24) is 10.6 Å². The van der Waals surface area contributed by atoms with Crippen LogP contribution < -0.4 is 16.4 Å². The third-order valence-electron chi connectivity index (χ3n) is 2.45. The maximum absolute atomic E-state index is 11.7. The van der Waals surface area contributed by atoms with Gasteiger partial charge in [-0.3, -0.25) is 23.7 Å². The zero-order chi connectivity index (χ0) is 18.9. The Balaban J connectivity index is 4.72. The first-order chi connectivity index (χ1) is 10.9. The molecule has 14 heteroatoms. The van der Waals surface area contributed by atoms with E-state index >= 15 is 0 Å². The molecule has 138 valence electrons. The maximum atomic E-state index is 11.7. The van der Waals surface area contributed by atoms with Crippen molar-refractivity contribution in [1.29, 1.82) is 0 Å². The lowest BCUT2D eigenvalue weighted by molar-refractivity contribution is -0.139. The van der Waals surface area contributed by atoms with Crippen LogP contribution in [0.3, 0.4) is 0 Å². The van der Waals surface area contributed by atoms with Crippen LogP contribution in [0.2, 0.25) is 0 Å². The molecule has 0 aromatic heterocycles. The molecule has 0 saturated heterocycles. The van der Waals surface area contributed by atoms with Crippen LogP contribution in [0.25, 0.3) is 0 Å². The van der Waals surface area contributed by atoms with Gasteiger partial charge in [0.2, 0.25) is 11.8 Å². The molecule has 12 nitrogen and oxygen atoms in total. The standard InChI is InChI=1S/C10H17N3O9S2/c11-5(10(18)19)1-2-7(14)13-6(4-23-24(20,21)22)9(17)12-3-8(15)16/h5-6H,1-4,11H2,(H,12,17)(H,13,14)(H,15,16)(H,18,19)(H,20,21,22). The van der Waals surface area contributed by atoms with E-state index in [9.17, 15) is 27.6 Å². The molecule has 0 heterocycles. The van der Waals surface area contributed by atoms with Crippen molar-refractivity contribution in [3.63, 3.8) is 0 Å². The number of carbonyl (C=O) groups excluding carboxylic acids is 2. The van der Waals surface area contributed by atoms with Gasteiger partial charge in [0.25, 0.3) is 0 Å². The second-order valence-electron chi connectivity index (χ2n) is 4.43. The molecule has 0 aromatic carbocycles. The Morgan fingerprint density at radius 2 is 1.75 bits per heavy atom. The Morgan fingerprint density at radius 1 is 1.17 bits per heavy atom. The minimum absolute atomic E-state index is 0.0385. The van der Waals surface area contributed by atoms with Crippen molar-refractivity contribution in [2.45, 2.75) is 24.9 Å². The number of carboxylic acid groups (broad SMARTS) is 2. The van der Waals surface area contributed by atoms with E-state index in [0.29, 0.717) is 0 Å². The van der Waals surface area contributed by atoms with Gasteiger partial charge in [-0.05, 0) is 17.2 Å². The number of hydrogen-bond acceptors (Lipinski definition) is 8. The van der Waals surface area contributed by atoms with Gasteiger partial charge in [0, 0.05) is 12.2 Å². The van der Waals surface area contributed by atoms with Crippen LogP contribution in [0, 0.1) is 0 Å². The molecule has 0 rings (SSSR count). The number of amides is 2. The summed E-state index contributed by atoms with van der Waals surface area (Å²) in [5.41, 5.74) is 5.21. The summed E-state index contributed by atoms with van der Waals surface area (Å²) in [5.74, 6) is -5.03. The Morgan fingerprint density at radius 3 is 2.21 bits per heavy atom. The molecule has 0 aliphatic rings. The largest absolute Gasteiger partial charge is 0.480 e. The second-order valence-corrected chi connectivity index (χ2v) is 7.82. The van der Waals surface area contributed by atoms with Gasteiger partial charge in [-0.2, -0.15) is 8.42 Å². The lowest BCUT2D eigenvalue weighted by Crippen LogP contribution is -2.49. The minimum Gasteiger partial charge on any atom is -0.480 e. The monoisotopic (exact) mass is 387 g/mol. The van der Waals surface area contributed by atoms with Crippen LogP contribution in [-0.2, 0) is 28.3 Å². The molecule has 2 unspecified atom stereocenters. The molecule has 0 aromatic rings. The highest BCUT2D eigenvalue weighted by Gasteiger charge is 2.24. The van der Waals surface area contributed by atoms with Crippen molar-refractivity contribution in [3.05, 3.63) is 0 Å². The molecule has 0 fully saturated rings. The molecule has 7 N–H and O–H groups in total. The molecule has 0 spiro atoms. The smallest absolute Gasteiger partial charge is 0.322 e. The molecular weight excluding hydrogens is 370 g/mol. The van der Waals surface area contributed by atoms with Gasteiger partial charge in [-0.15, -0.1) is 0 Å². The summed E-state index contributed by atoms with van der Waals surface area (Å²) in [6.07, 6.45) is -0.581. The summed E-state index contributed by atoms with van der Waals surface area (Å²) in [6, 6.07) is -2.74. The first-order valence-electron chi connectivity index (χ1n) is 6.31. The molecule has 2 amide bonds. The molecule has 0 saturated carbocycles. The first kappa shape index (κ1) is 22.1. The number of aliphatic carboxylic acids is 2. The lowest BCUT2D eigenvalue weighted by Gasteiger charge is -2.17. The average molecular weight is 387 g/mol. The van der Waals surface area contributed by atoms with Gasteiger partial charge >= 0.3 is 21.1 Å². The number of hydrogen-bond donors (Lipinski definition) is 6. The Kier molecular flexibility index (Phi) is 9.27. The van der Waals surface area contributed by atoms with E-state index in [-0.39, 0.29) is 23.6 Å². The zero-order valence-electron chi connectivity index (χ0n) is 12.2. The van der Waals surface area contributed by atoms with Crippen LogP contribution in [-0.4, -0.2) is 71.3 Å². The third kappa shape index (κ3) is 10.8. The second kappa shape index (κ2) is 10.1. The third-order valence-corrected chi connectivity index (χ3v) is 4.52. The number of carboxylic acids is 2. The molecule has 0 aliphatic heterocycles. The quantitative estimate of drug-likeness (QED) is 0.160. The van der Waals surface area contributed by atoms with E-state index < -0.39 is 57.3 Å². The molecule has 0 radical (unpaired) electrons. The Labute approximate surface area is 140 Å². The summed E-state index contributed by atoms with van der Waals surface area (Å²) in [4.78, 5) is 44.3. The summed E-state index contributed by atoms with van der Waals surface area (Å²) < 4.78 is 30.0. The highest BCUT2D eigenvalue weighted by atomic mass is 33.1. The summed E-state index contributed by atoms with van der Waals surface area (Å²) in [6.45, 7) is -0.758. The highest BCUT2D eigenvalue weighted by Crippen LogP contribution is 2.11. The number of nitrogens with two attached hydrogens (primary N) is 1. The fraction of sp³-hybridized carbons (Fsp3) is 0.600. The van der Waals surface area contributed by atoms with Gasteiger partial charge in [0.1, 0.15) is 18.6 Å². The van der Waals surface area contributed by atoms with Gasteiger partial charge < -0.3 is 26.6 Å². The summed E-state index contributed by atoms with van der Waals surface area (Å²) in [5, 5.41) is 21.1. The van der Waals surface area contributed by atoms with E-state index in [1.165, 1.54) is 0 Å². The van der Waals surface area contributed by atoms with E-state index in [1.807, 2.05) is 5.32 Å². The lowest BCUT2D eigenvalue weighted by atomic mass is 10.1. The van der Waals surface area contributed by atoms with Crippen molar-refractivity contribution >= 4 is 43.7 Å². The van der Waals surface area contributed by atoms with Gasteiger partial charge in [-0.25, -0.2) is 0 Å². The van der Waals surface area contributed by atoms with Crippen LogP contribution >= 0.6 is 10.8 Å². The number of carbonyl (C=O) groups is 4. The fourth-order valence-electron chi connectivity index (χ4n) is 1.30. The fourth-order valence-corrected chi connectivity index (χ4v) is 2.77. The predicted octanol–water partition coefficient (Wildman–Crippen LogP) is -2.60. The van der Waals surface area contributed by atoms with Crippen molar-refractivity contribution in [2.75, 3.05) is 12.3 Å². The Bertz CT molecular complexity index is 592. The van der Waals surface area contributed by atoms with E-state index in [4.69, 9.17) is 20.5 Å². The topological polar surface area (TPSA) is 213 Å². The van der Waals surface area contributed by atoms with Crippen molar-refractivity contribution in [3.8, 4) is 0 Å². The van der Waals surface area contributed by atoms with Crippen molar-refractivity contribution < 1.29 is 42.4 Å². The van der Waals surface area contributed by atoms with Gasteiger partial charge in [0.05, 0.1) is 0 Å².